The van der Waals surface area contributed by atoms with E-state index in [4.69, 9.17) is 23.2 Å². The Labute approximate surface area is 224 Å². The summed E-state index contributed by atoms with van der Waals surface area (Å²) in [6.45, 7) is 4.01. The zero-order valence-corrected chi connectivity index (χ0v) is 21.6. The molecule has 192 valence electrons. The van der Waals surface area contributed by atoms with Crippen LogP contribution in [0.5, 0.6) is 0 Å². The summed E-state index contributed by atoms with van der Waals surface area (Å²) >= 11 is 12.2. The number of likely N-dealkylation sites (tertiary alicyclic amines) is 1. The van der Waals surface area contributed by atoms with E-state index >= 15 is 0 Å². The summed E-state index contributed by atoms with van der Waals surface area (Å²) < 4.78 is 0. The van der Waals surface area contributed by atoms with Crippen molar-refractivity contribution in [3.05, 3.63) is 87.7 Å². The first-order valence-corrected chi connectivity index (χ1v) is 12.4. The number of H-pyrrole nitrogens is 1. The molecule has 0 spiro atoms. The molecule has 0 unspecified atom stereocenters. The first-order chi connectivity index (χ1) is 17.8. The molecule has 4 rings (SSSR count). The van der Waals surface area contributed by atoms with Gasteiger partial charge < -0.3 is 16.0 Å². The van der Waals surface area contributed by atoms with E-state index in [9.17, 15) is 14.4 Å². The number of benzene rings is 2. The summed E-state index contributed by atoms with van der Waals surface area (Å²) in [5.74, 6) is -1.07. The van der Waals surface area contributed by atoms with Gasteiger partial charge in [-0.3, -0.25) is 24.4 Å². The minimum atomic E-state index is -0.537. The number of aromatic amines is 1. The van der Waals surface area contributed by atoms with Crippen molar-refractivity contribution in [3.63, 3.8) is 0 Å². The smallest absolute Gasteiger partial charge is 0.271 e. The molecule has 3 aromatic rings. The third-order valence-electron chi connectivity index (χ3n) is 5.86. The van der Waals surface area contributed by atoms with Crippen LogP contribution in [0, 0.1) is 0 Å². The average molecular weight is 541 g/mol. The van der Waals surface area contributed by atoms with Crippen LogP contribution >= 0.6 is 23.2 Å². The van der Waals surface area contributed by atoms with Gasteiger partial charge in [0, 0.05) is 31.4 Å². The van der Waals surface area contributed by atoms with E-state index in [0.717, 1.165) is 30.8 Å². The summed E-state index contributed by atoms with van der Waals surface area (Å²) in [7, 11) is 0. The minimum Gasteiger partial charge on any atom is -0.347 e. The van der Waals surface area contributed by atoms with E-state index in [1.54, 1.807) is 31.2 Å². The lowest BCUT2D eigenvalue weighted by atomic mass is 10.2. The fourth-order valence-electron chi connectivity index (χ4n) is 4.09. The van der Waals surface area contributed by atoms with Crippen LogP contribution in [0.1, 0.15) is 39.8 Å². The van der Waals surface area contributed by atoms with E-state index in [2.05, 4.69) is 31.0 Å². The largest absolute Gasteiger partial charge is 0.347 e. The van der Waals surface area contributed by atoms with Crippen molar-refractivity contribution in [2.24, 2.45) is 0 Å². The molecular weight excluding hydrogens is 515 g/mol. The lowest BCUT2D eigenvalue weighted by Gasteiger charge is -2.17. The Morgan fingerprint density at radius 3 is 2.51 bits per heavy atom. The first kappa shape index (κ1) is 26.4. The molecule has 1 saturated heterocycles. The SMILES string of the molecule is C/C=C/C(=O)Nc1ccc(CN2CC[C@@H](NC(=O)c3[nH]ncc3NC(=O)c3c(Cl)cccc3Cl)C2)cc1. The summed E-state index contributed by atoms with van der Waals surface area (Å²) in [5, 5.41) is 15.4. The van der Waals surface area contributed by atoms with Crippen molar-refractivity contribution in [2.45, 2.75) is 25.9 Å². The molecule has 0 saturated carbocycles. The molecule has 1 aromatic heterocycles. The molecule has 9 nitrogen and oxygen atoms in total. The van der Waals surface area contributed by atoms with Gasteiger partial charge in [-0.2, -0.15) is 5.10 Å². The van der Waals surface area contributed by atoms with Gasteiger partial charge in [0.15, 0.2) is 0 Å². The molecule has 1 aliphatic heterocycles. The highest BCUT2D eigenvalue weighted by Crippen LogP contribution is 2.26. The van der Waals surface area contributed by atoms with Gasteiger partial charge in [-0.25, -0.2) is 0 Å². The molecule has 1 aliphatic rings. The second kappa shape index (κ2) is 12.1. The third-order valence-corrected chi connectivity index (χ3v) is 6.49. The van der Waals surface area contributed by atoms with E-state index < -0.39 is 5.91 Å². The molecule has 4 N–H and O–H groups in total. The molecule has 2 aromatic carbocycles. The molecule has 0 bridgehead atoms. The number of amides is 3. The van der Waals surface area contributed by atoms with Crippen molar-refractivity contribution in [2.75, 3.05) is 23.7 Å². The van der Waals surface area contributed by atoms with E-state index in [-0.39, 0.29) is 44.8 Å². The van der Waals surface area contributed by atoms with Crippen LogP contribution < -0.4 is 16.0 Å². The van der Waals surface area contributed by atoms with Gasteiger partial charge in [-0.15, -0.1) is 0 Å². The van der Waals surface area contributed by atoms with E-state index in [0.29, 0.717) is 6.54 Å². The number of anilines is 2. The zero-order valence-electron chi connectivity index (χ0n) is 20.1. The number of allylic oxidation sites excluding steroid dienone is 1. The number of carbonyl (C=O) groups is 3. The molecule has 2 heterocycles. The summed E-state index contributed by atoms with van der Waals surface area (Å²) in [6.07, 6.45) is 5.31. The monoisotopic (exact) mass is 540 g/mol. The summed E-state index contributed by atoms with van der Waals surface area (Å²) in [6, 6.07) is 12.4. The maximum Gasteiger partial charge on any atom is 0.271 e. The Bertz CT molecular complexity index is 1300. The van der Waals surface area contributed by atoms with Crippen molar-refractivity contribution < 1.29 is 14.4 Å². The average Bonchev–Trinajstić information content (AvgIpc) is 3.50. The Hall–Kier alpha value is -3.66. The fraction of sp³-hybridized carbons (Fsp3) is 0.231. The Morgan fingerprint density at radius 2 is 1.81 bits per heavy atom. The molecule has 0 radical (unpaired) electrons. The number of halogens is 2. The number of nitrogens with zero attached hydrogens (tertiary/aromatic N) is 2. The molecule has 0 aliphatic carbocycles. The highest BCUT2D eigenvalue weighted by atomic mass is 35.5. The van der Waals surface area contributed by atoms with Crippen molar-refractivity contribution >= 4 is 52.3 Å². The van der Waals surface area contributed by atoms with Crippen LogP contribution in [0.15, 0.2) is 60.8 Å². The summed E-state index contributed by atoms with van der Waals surface area (Å²) in [4.78, 5) is 39.6. The molecule has 37 heavy (non-hydrogen) atoms. The van der Waals surface area contributed by atoms with Crippen LogP contribution in [0.25, 0.3) is 0 Å². The molecule has 3 amide bonds. The van der Waals surface area contributed by atoms with Crippen LogP contribution in [0.4, 0.5) is 11.4 Å². The van der Waals surface area contributed by atoms with Gasteiger partial charge >= 0.3 is 0 Å². The van der Waals surface area contributed by atoms with Crippen LogP contribution in [0.2, 0.25) is 10.0 Å². The van der Waals surface area contributed by atoms with Crippen molar-refractivity contribution in [3.8, 4) is 0 Å². The van der Waals surface area contributed by atoms with Gasteiger partial charge in [0.25, 0.3) is 11.8 Å². The molecule has 1 fully saturated rings. The maximum atomic E-state index is 12.9. The molecule has 1 atom stereocenters. The van der Waals surface area contributed by atoms with Crippen molar-refractivity contribution in [1.82, 2.24) is 20.4 Å². The van der Waals surface area contributed by atoms with E-state index in [1.807, 2.05) is 24.3 Å². The van der Waals surface area contributed by atoms with Gasteiger partial charge in [-0.05, 0) is 49.2 Å². The lowest BCUT2D eigenvalue weighted by molar-refractivity contribution is -0.111. The second-order valence-corrected chi connectivity index (χ2v) is 9.40. The number of nitrogens with one attached hydrogen (secondary N) is 4. The zero-order chi connectivity index (χ0) is 26.4. The maximum absolute atomic E-state index is 12.9. The Balaban J connectivity index is 1.31. The second-order valence-electron chi connectivity index (χ2n) is 8.59. The third kappa shape index (κ3) is 6.76. The number of hydrogen-bond donors (Lipinski definition) is 4. The van der Waals surface area contributed by atoms with Crippen LogP contribution in [-0.4, -0.2) is 52.0 Å². The highest BCUT2D eigenvalue weighted by Gasteiger charge is 2.26. The quantitative estimate of drug-likeness (QED) is 0.314. The predicted molar refractivity (Wildman–Crippen MR) is 144 cm³/mol. The van der Waals surface area contributed by atoms with Gasteiger partial charge in [0.05, 0.1) is 27.5 Å². The van der Waals surface area contributed by atoms with Gasteiger partial charge in [0.2, 0.25) is 5.91 Å². The fourth-order valence-corrected chi connectivity index (χ4v) is 4.66. The minimum absolute atomic E-state index is 0.0586. The molecular formula is C26H26Cl2N6O3. The number of hydrogen-bond acceptors (Lipinski definition) is 5. The predicted octanol–water partition coefficient (Wildman–Crippen LogP) is 4.49. The Kier molecular flexibility index (Phi) is 8.60. The van der Waals surface area contributed by atoms with Gasteiger partial charge in [0.1, 0.15) is 5.69 Å². The van der Waals surface area contributed by atoms with Crippen LogP contribution in [-0.2, 0) is 11.3 Å². The number of rotatable bonds is 8. The topological polar surface area (TPSA) is 119 Å². The Morgan fingerprint density at radius 1 is 1.08 bits per heavy atom. The molecule has 11 heteroatoms. The highest BCUT2D eigenvalue weighted by molar-refractivity contribution is 6.40. The normalized spacial score (nSPS) is 15.6. The first-order valence-electron chi connectivity index (χ1n) is 11.7. The van der Waals surface area contributed by atoms with Gasteiger partial charge in [-0.1, -0.05) is 47.5 Å². The number of aromatic nitrogens is 2. The lowest BCUT2D eigenvalue weighted by Crippen LogP contribution is -2.37. The van der Waals surface area contributed by atoms with Crippen molar-refractivity contribution in [1.29, 1.82) is 0 Å². The summed E-state index contributed by atoms with van der Waals surface area (Å²) in [5.41, 5.74) is 2.34. The standard InChI is InChI=1S/C26H26Cl2N6O3/c1-2-4-22(35)30-17-9-7-16(8-10-17)14-34-12-11-18(15-34)31-26(37)24-21(13-29-33-24)32-25(36)23-19(27)5-3-6-20(23)28/h2-10,13,18H,11-12,14-15H2,1H3,(H,29,33)(H,30,35)(H,31,37)(H,32,36)/b4-2+/t18-/m1/s1. The number of carbonyl (C=O) groups excluding carboxylic acids is 3. The van der Waals surface area contributed by atoms with E-state index in [1.165, 1.54) is 12.3 Å². The van der Waals surface area contributed by atoms with Crippen LogP contribution in [0.3, 0.4) is 0 Å².